The molecule has 0 aromatic heterocycles. The Labute approximate surface area is 104 Å². The molecule has 100 valence electrons. The minimum absolute atomic E-state index is 0.198. The zero-order chi connectivity index (χ0) is 12.5. The summed E-state index contributed by atoms with van der Waals surface area (Å²) in [5, 5.41) is 15.0. The normalized spacial score (nSPS) is 24.6. The molecule has 1 fully saturated rings. The molecule has 0 aliphatic carbocycles. The number of piperidine rings is 1. The topological polar surface area (TPSA) is 61.4 Å². The zero-order valence-corrected chi connectivity index (χ0v) is 10.9. The molecule has 0 spiro atoms. The van der Waals surface area contributed by atoms with E-state index in [1.54, 1.807) is 0 Å². The molecule has 17 heavy (non-hydrogen) atoms. The Morgan fingerprint density at radius 1 is 1.35 bits per heavy atom. The minimum Gasteiger partial charge on any atom is -0.396 e. The van der Waals surface area contributed by atoms with Crippen LogP contribution in [0.25, 0.3) is 0 Å². The number of aliphatic hydroxyl groups excluding tert-OH is 1. The SMILES string of the molecule is C[C@H]1C[C@@H](C(=O)NCCCCCCO)CCN1. The quantitative estimate of drug-likeness (QED) is 0.585. The zero-order valence-electron chi connectivity index (χ0n) is 10.9. The number of amides is 1. The van der Waals surface area contributed by atoms with Crippen LogP contribution in [0.3, 0.4) is 0 Å². The van der Waals surface area contributed by atoms with Crippen LogP contribution in [0.4, 0.5) is 0 Å². The van der Waals surface area contributed by atoms with Gasteiger partial charge in [-0.2, -0.15) is 0 Å². The van der Waals surface area contributed by atoms with Gasteiger partial charge in [0.15, 0.2) is 0 Å². The molecule has 3 N–H and O–H groups in total. The van der Waals surface area contributed by atoms with Crippen molar-refractivity contribution in [1.29, 1.82) is 0 Å². The van der Waals surface area contributed by atoms with Gasteiger partial charge in [0.25, 0.3) is 0 Å². The van der Waals surface area contributed by atoms with Crippen molar-refractivity contribution in [3.05, 3.63) is 0 Å². The Balaban J connectivity index is 2.04. The number of hydrogen-bond donors (Lipinski definition) is 3. The first-order valence-corrected chi connectivity index (χ1v) is 6.86. The summed E-state index contributed by atoms with van der Waals surface area (Å²) in [5.74, 6) is 0.421. The van der Waals surface area contributed by atoms with E-state index in [-0.39, 0.29) is 18.4 Å². The number of unbranched alkanes of at least 4 members (excludes halogenated alkanes) is 3. The van der Waals surface area contributed by atoms with Crippen LogP contribution in [0.5, 0.6) is 0 Å². The van der Waals surface area contributed by atoms with Crippen LogP contribution >= 0.6 is 0 Å². The summed E-state index contributed by atoms with van der Waals surface area (Å²) in [6, 6.07) is 0.462. The van der Waals surface area contributed by atoms with Gasteiger partial charge in [-0.25, -0.2) is 0 Å². The first-order valence-electron chi connectivity index (χ1n) is 6.86. The number of carbonyl (C=O) groups is 1. The van der Waals surface area contributed by atoms with Gasteiger partial charge in [-0.3, -0.25) is 4.79 Å². The largest absolute Gasteiger partial charge is 0.396 e. The van der Waals surface area contributed by atoms with Gasteiger partial charge in [-0.1, -0.05) is 12.8 Å². The highest BCUT2D eigenvalue weighted by Crippen LogP contribution is 2.15. The summed E-state index contributed by atoms with van der Waals surface area (Å²) in [4.78, 5) is 11.9. The van der Waals surface area contributed by atoms with Crippen molar-refractivity contribution in [2.75, 3.05) is 19.7 Å². The third-order valence-corrected chi connectivity index (χ3v) is 3.38. The molecule has 0 aromatic rings. The van der Waals surface area contributed by atoms with E-state index in [4.69, 9.17) is 5.11 Å². The average molecular weight is 242 g/mol. The van der Waals surface area contributed by atoms with Crippen LogP contribution in [0.2, 0.25) is 0 Å². The van der Waals surface area contributed by atoms with Crippen LogP contribution in [-0.2, 0) is 4.79 Å². The van der Waals surface area contributed by atoms with Gasteiger partial charge in [-0.05, 0) is 39.2 Å². The van der Waals surface area contributed by atoms with Crippen molar-refractivity contribution >= 4 is 5.91 Å². The molecule has 4 heteroatoms. The highest BCUT2D eigenvalue weighted by molar-refractivity contribution is 5.78. The van der Waals surface area contributed by atoms with Gasteiger partial charge >= 0.3 is 0 Å². The van der Waals surface area contributed by atoms with Crippen molar-refractivity contribution < 1.29 is 9.90 Å². The Morgan fingerprint density at radius 3 is 2.82 bits per heavy atom. The van der Waals surface area contributed by atoms with Gasteiger partial charge in [0, 0.05) is 25.1 Å². The Bertz CT molecular complexity index is 221. The third kappa shape index (κ3) is 6.03. The third-order valence-electron chi connectivity index (χ3n) is 3.38. The average Bonchev–Trinajstić information content (AvgIpc) is 2.33. The fraction of sp³-hybridized carbons (Fsp3) is 0.923. The lowest BCUT2D eigenvalue weighted by Crippen LogP contribution is -2.42. The monoisotopic (exact) mass is 242 g/mol. The van der Waals surface area contributed by atoms with Crippen LogP contribution in [-0.4, -0.2) is 36.8 Å². The van der Waals surface area contributed by atoms with Crippen LogP contribution in [0.15, 0.2) is 0 Å². The second-order valence-corrected chi connectivity index (χ2v) is 5.01. The molecule has 1 aliphatic heterocycles. The molecule has 0 saturated carbocycles. The number of aliphatic hydroxyl groups is 1. The molecule has 1 amide bonds. The molecule has 1 heterocycles. The van der Waals surface area contributed by atoms with Crippen molar-refractivity contribution in [2.45, 2.75) is 51.5 Å². The summed E-state index contributed by atoms with van der Waals surface area (Å²) >= 11 is 0. The first kappa shape index (κ1) is 14.5. The lowest BCUT2D eigenvalue weighted by molar-refractivity contribution is -0.126. The van der Waals surface area contributed by atoms with E-state index in [1.165, 1.54) is 0 Å². The fourth-order valence-corrected chi connectivity index (χ4v) is 2.32. The van der Waals surface area contributed by atoms with Crippen molar-refractivity contribution in [3.63, 3.8) is 0 Å². The summed E-state index contributed by atoms with van der Waals surface area (Å²) in [5.41, 5.74) is 0. The van der Waals surface area contributed by atoms with Gasteiger partial charge in [0.05, 0.1) is 0 Å². The van der Waals surface area contributed by atoms with Crippen molar-refractivity contribution in [1.82, 2.24) is 10.6 Å². The summed E-state index contributed by atoms with van der Waals surface area (Å²) < 4.78 is 0. The molecule has 1 aliphatic rings. The molecular formula is C13H26N2O2. The summed E-state index contributed by atoms with van der Waals surface area (Å²) in [7, 11) is 0. The second kappa shape index (κ2) is 8.48. The van der Waals surface area contributed by atoms with Crippen molar-refractivity contribution in [2.24, 2.45) is 5.92 Å². The van der Waals surface area contributed by atoms with Crippen LogP contribution in [0, 0.1) is 5.92 Å². The highest BCUT2D eigenvalue weighted by atomic mass is 16.2. The van der Waals surface area contributed by atoms with E-state index in [1.807, 2.05) is 0 Å². The smallest absolute Gasteiger partial charge is 0.223 e. The molecule has 1 rings (SSSR count). The predicted octanol–water partition coefficient (Wildman–Crippen LogP) is 1.04. The minimum atomic E-state index is 0.198. The maximum absolute atomic E-state index is 11.9. The van der Waals surface area contributed by atoms with Gasteiger partial charge < -0.3 is 15.7 Å². The molecule has 0 bridgehead atoms. The Kier molecular flexibility index (Phi) is 7.21. The predicted molar refractivity (Wildman–Crippen MR) is 68.8 cm³/mol. The van der Waals surface area contributed by atoms with E-state index in [9.17, 15) is 4.79 Å². The van der Waals surface area contributed by atoms with Crippen molar-refractivity contribution in [3.8, 4) is 0 Å². The Morgan fingerprint density at radius 2 is 2.12 bits per heavy atom. The summed E-state index contributed by atoms with van der Waals surface area (Å²) in [6.45, 7) is 4.14. The Hall–Kier alpha value is -0.610. The molecule has 2 atom stereocenters. The maximum atomic E-state index is 11.9. The molecular weight excluding hydrogens is 216 g/mol. The van der Waals surface area contributed by atoms with E-state index in [0.717, 1.165) is 51.6 Å². The molecule has 0 radical (unpaired) electrons. The van der Waals surface area contributed by atoms with Gasteiger partial charge in [0.1, 0.15) is 0 Å². The lowest BCUT2D eigenvalue weighted by atomic mass is 9.92. The van der Waals surface area contributed by atoms with Gasteiger partial charge in [0.2, 0.25) is 5.91 Å². The van der Waals surface area contributed by atoms with Gasteiger partial charge in [-0.15, -0.1) is 0 Å². The number of hydrogen-bond acceptors (Lipinski definition) is 3. The number of rotatable bonds is 7. The number of nitrogens with one attached hydrogen (secondary N) is 2. The highest BCUT2D eigenvalue weighted by Gasteiger charge is 2.23. The first-order chi connectivity index (χ1) is 8.24. The molecule has 4 nitrogen and oxygen atoms in total. The summed E-state index contributed by atoms with van der Waals surface area (Å²) in [6.07, 6.45) is 5.95. The lowest BCUT2D eigenvalue weighted by Gasteiger charge is -2.27. The molecule has 0 unspecified atom stereocenters. The van der Waals surface area contributed by atoms with Crippen LogP contribution < -0.4 is 10.6 Å². The van der Waals surface area contributed by atoms with Crippen LogP contribution in [0.1, 0.15) is 45.4 Å². The van der Waals surface area contributed by atoms with E-state index < -0.39 is 0 Å². The van der Waals surface area contributed by atoms with E-state index >= 15 is 0 Å². The van der Waals surface area contributed by atoms with E-state index in [2.05, 4.69) is 17.6 Å². The molecule has 0 aromatic carbocycles. The fourth-order valence-electron chi connectivity index (χ4n) is 2.32. The molecule has 1 saturated heterocycles. The second-order valence-electron chi connectivity index (χ2n) is 5.01. The maximum Gasteiger partial charge on any atom is 0.223 e. The number of carbonyl (C=O) groups excluding carboxylic acids is 1. The standard InChI is InChI=1S/C13H26N2O2/c1-11-10-12(6-8-14-11)13(17)15-7-4-2-3-5-9-16/h11-12,14,16H,2-10H2,1H3,(H,15,17)/t11-,12-/m0/s1. The van der Waals surface area contributed by atoms with E-state index in [0.29, 0.717) is 6.04 Å².